The van der Waals surface area contributed by atoms with E-state index >= 15 is 0 Å². The first-order chi connectivity index (χ1) is 11.4. The summed E-state index contributed by atoms with van der Waals surface area (Å²) in [4.78, 5) is 13.6. The Balaban J connectivity index is 1.82. The minimum absolute atomic E-state index is 0.0181. The average Bonchev–Trinajstić information content (AvgIpc) is 2.98. The Morgan fingerprint density at radius 3 is 2.79 bits per heavy atom. The number of nitrogens with two attached hydrogens (primary N) is 1. The molecule has 1 aromatic carbocycles. The molecule has 0 bridgehead atoms. The number of rotatable bonds is 4. The van der Waals surface area contributed by atoms with Crippen LogP contribution >= 0.6 is 0 Å². The van der Waals surface area contributed by atoms with Crippen LogP contribution in [0.3, 0.4) is 0 Å². The molecule has 0 saturated heterocycles. The van der Waals surface area contributed by atoms with Crippen LogP contribution in [0.25, 0.3) is 0 Å². The smallest absolute Gasteiger partial charge is 0.240 e. The van der Waals surface area contributed by atoms with E-state index in [4.69, 9.17) is 5.73 Å². The van der Waals surface area contributed by atoms with E-state index in [0.29, 0.717) is 19.5 Å². The van der Waals surface area contributed by atoms with E-state index < -0.39 is 10.0 Å². The Kier molecular flexibility index (Phi) is 4.94. The van der Waals surface area contributed by atoms with Gasteiger partial charge in [0.05, 0.1) is 4.90 Å². The molecule has 1 heterocycles. The monoisotopic (exact) mass is 351 g/mol. The fourth-order valence-electron chi connectivity index (χ4n) is 3.78. The molecule has 24 heavy (non-hydrogen) atoms. The average molecular weight is 351 g/mol. The number of benzene rings is 1. The number of nitrogens with one attached hydrogen (secondary N) is 1. The summed E-state index contributed by atoms with van der Waals surface area (Å²) in [6, 6.07) is 4.93. The third kappa shape index (κ3) is 3.34. The van der Waals surface area contributed by atoms with E-state index in [1.165, 1.54) is 6.92 Å². The maximum atomic E-state index is 12.7. The second kappa shape index (κ2) is 6.82. The van der Waals surface area contributed by atoms with Gasteiger partial charge in [-0.2, -0.15) is 0 Å². The zero-order chi connectivity index (χ0) is 17.3. The summed E-state index contributed by atoms with van der Waals surface area (Å²) in [5.74, 6) is 0.187. The van der Waals surface area contributed by atoms with Gasteiger partial charge in [0, 0.05) is 25.2 Å². The van der Waals surface area contributed by atoms with Crippen molar-refractivity contribution < 1.29 is 13.2 Å². The fourth-order valence-corrected chi connectivity index (χ4v) is 5.17. The second-order valence-electron chi connectivity index (χ2n) is 6.72. The van der Waals surface area contributed by atoms with E-state index in [9.17, 15) is 13.2 Å². The van der Waals surface area contributed by atoms with E-state index in [2.05, 4.69) is 4.72 Å². The third-order valence-electron chi connectivity index (χ3n) is 5.16. The zero-order valence-corrected chi connectivity index (χ0v) is 14.8. The van der Waals surface area contributed by atoms with E-state index in [-0.39, 0.29) is 22.8 Å². The summed E-state index contributed by atoms with van der Waals surface area (Å²) in [6.07, 6.45) is 4.64. The van der Waals surface area contributed by atoms with Crippen molar-refractivity contribution in [3.05, 3.63) is 23.8 Å². The topological polar surface area (TPSA) is 92.5 Å². The SMILES string of the molecule is CC(=O)N1CCc2cc(S(=O)(=O)NC3CCCCC3CN)ccc21. The largest absolute Gasteiger partial charge is 0.330 e. The van der Waals surface area contributed by atoms with Gasteiger partial charge in [0.15, 0.2) is 0 Å². The first-order valence-electron chi connectivity index (χ1n) is 8.56. The Morgan fingerprint density at radius 2 is 2.08 bits per heavy atom. The molecule has 1 aliphatic heterocycles. The van der Waals surface area contributed by atoms with Crippen LogP contribution in [0.15, 0.2) is 23.1 Å². The molecule has 1 aromatic rings. The van der Waals surface area contributed by atoms with Crippen LogP contribution in [0.4, 0.5) is 5.69 Å². The summed E-state index contributed by atoms with van der Waals surface area (Å²) in [5, 5.41) is 0. The van der Waals surface area contributed by atoms with E-state index in [1.807, 2.05) is 0 Å². The molecular formula is C17H25N3O3S. The molecular weight excluding hydrogens is 326 g/mol. The standard InChI is InChI=1S/C17H25N3O3S/c1-12(21)20-9-8-13-10-15(6-7-17(13)20)24(22,23)19-16-5-3-2-4-14(16)11-18/h6-7,10,14,16,19H,2-5,8-9,11,18H2,1H3. The Morgan fingerprint density at radius 1 is 1.33 bits per heavy atom. The van der Waals surface area contributed by atoms with Crippen molar-refractivity contribution in [1.29, 1.82) is 0 Å². The molecule has 3 rings (SSSR count). The van der Waals surface area contributed by atoms with Gasteiger partial charge in [-0.25, -0.2) is 13.1 Å². The lowest BCUT2D eigenvalue weighted by atomic mass is 9.85. The van der Waals surface area contributed by atoms with Gasteiger partial charge >= 0.3 is 0 Å². The van der Waals surface area contributed by atoms with Crippen molar-refractivity contribution in [2.24, 2.45) is 11.7 Å². The lowest BCUT2D eigenvalue weighted by Crippen LogP contribution is -2.44. The predicted molar refractivity (Wildman–Crippen MR) is 93.3 cm³/mol. The van der Waals surface area contributed by atoms with Crippen LogP contribution in [-0.2, 0) is 21.2 Å². The molecule has 3 N–H and O–H groups in total. The Labute approximate surface area is 143 Å². The van der Waals surface area contributed by atoms with Gasteiger partial charge in [0.2, 0.25) is 15.9 Å². The van der Waals surface area contributed by atoms with E-state index in [1.54, 1.807) is 23.1 Å². The second-order valence-corrected chi connectivity index (χ2v) is 8.43. The highest BCUT2D eigenvalue weighted by Gasteiger charge is 2.30. The Bertz CT molecular complexity index is 733. The number of anilines is 1. The molecule has 0 spiro atoms. The minimum Gasteiger partial charge on any atom is -0.330 e. The van der Waals surface area contributed by atoms with Crippen LogP contribution in [0.5, 0.6) is 0 Å². The summed E-state index contributed by atoms with van der Waals surface area (Å²) in [5.41, 5.74) is 7.52. The molecule has 1 aliphatic carbocycles. The molecule has 7 heteroatoms. The molecule has 0 aromatic heterocycles. The number of hydrogen-bond donors (Lipinski definition) is 2. The van der Waals surface area contributed by atoms with Crippen LogP contribution in [0, 0.1) is 5.92 Å². The van der Waals surface area contributed by atoms with Crippen LogP contribution in [-0.4, -0.2) is 33.5 Å². The summed E-state index contributed by atoms with van der Waals surface area (Å²) >= 11 is 0. The number of nitrogens with zero attached hydrogens (tertiary/aromatic N) is 1. The van der Waals surface area contributed by atoms with Crippen molar-refractivity contribution in [3.8, 4) is 0 Å². The summed E-state index contributed by atoms with van der Waals surface area (Å²) < 4.78 is 28.3. The first-order valence-corrected chi connectivity index (χ1v) is 10.0. The fraction of sp³-hybridized carbons (Fsp3) is 0.588. The van der Waals surface area contributed by atoms with Crippen molar-refractivity contribution in [1.82, 2.24) is 4.72 Å². The van der Waals surface area contributed by atoms with Gasteiger partial charge in [0.25, 0.3) is 0 Å². The van der Waals surface area contributed by atoms with Crippen LogP contribution in [0.1, 0.15) is 38.2 Å². The van der Waals surface area contributed by atoms with Crippen molar-refractivity contribution >= 4 is 21.6 Å². The minimum atomic E-state index is -3.57. The highest BCUT2D eigenvalue weighted by molar-refractivity contribution is 7.89. The molecule has 1 fully saturated rings. The lowest BCUT2D eigenvalue weighted by Gasteiger charge is -2.31. The van der Waals surface area contributed by atoms with Crippen molar-refractivity contribution in [3.63, 3.8) is 0 Å². The molecule has 0 radical (unpaired) electrons. The number of hydrogen-bond acceptors (Lipinski definition) is 4. The van der Waals surface area contributed by atoms with Gasteiger partial charge in [-0.05, 0) is 55.5 Å². The van der Waals surface area contributed by atoms with Gasteiger partial charge in [-0.15, -0.1) is 0 Å². The molecule has 132 valence electrons. The number of amides is 1. The van der Waals surface area contributed by atoms with Crippen LogP contribution in [0.2, 0.25) is 0 Å². The van der Waals surface area contributed by atoms with E-state index in [0.717, 1.165) is 36.9 Å². The quantitative estimate of drug-likeness (QED) is 0.857. The van der Waals surface area contributed by atoms with Crippen molar-refractivity contribution in [2.75, 3.05) is 18.0 Å². The predicted octanol–water partition coefficient (Wildman–Crippen LogP) is 1.39. The summed E-state index contributed by atoms with van der Waals surface area (Å²) in [6.45, 7) is 2.64. The number of carbonyl (C=O) groups is 1. The van der Waals surface area contributed by atoms with Gasteiger partial charge in [0.1, 0.15) is 0 Å². The molecule has 1 amide bonds. The van der Waals surface area contributed by atoms with Gasteiger partial charge in [-0.1, -0.05) is 12.8 Å². The molecule has 2 atom stereocenters. The highest BCUT2D eigenvalue weighted by Crippen LogP contribution is 2.31. The molecule has 2 unspecified atom stereocenters. The normalized spacial score (nSPS) is 24.0. The number of fused-ring (bicyclic) bond motifs is 1. The van der Waals surface area contributed by atoms with Crippen LogP contribution < -0.4 is 15.4 Å². The third-order valence-corrected chi connectivity index (χ3v) is 6.64. The first kappa shape index (κ1) is 17.4. The maximum Gasteiger partial charge on any atom is 0.240 e. The maximum absolute atomic E-state index is 12.7. The molecule has 2 aliphatic rings. The molecule has 6 nitrogen and oxygen atoms in total. The number of carbonyl (C=O) groups excluding carboxylic acids is 1. The lowest BCUT2D eigenvalue weighted by molar-refractivity contribution is -0.116. The van der Waals surface area contributed by atoms with Gasteiger partial charge < -0.3 is 10.6 Å². The van der Waals surface area contributed by atoms with Gasteiger partial charge in [-0.3, -0.25) is 4.79 Å². The molecule has 1 saturated carbocycles. The number of sulfonamides is 1. The summed E-state index contributed by atoms with van der Waals surface area (Å²) in [7, 11) is -3.57. The zero-order valence-electron chi connectivity index (χ0n) is 14.0. The van der Waals surface area contributed by atoms with Crippen molar-refractivity contribution in [2.45, 2.75) is 50.0 Å². The Hall–Kier alpha value is -1.44. The highest BCUT2D eigenvalue weighted by atomic mass is 32.2.